The number of halogens is 2. The Kier molecular flexibility index (Phi) is 6.22. The van der Waals surface area contributed by atoms with Gasteiger partial charge < -0.3 is 19.5 Å². The first-order chi connectivity index (χ1) is 18.3. The lowest BCUT2D eigenvalue weighted by Crippen LogP contribution is -2.32. The van der Waals surface area contributed by atoms with E-state index in [9.17, 15) is 4.39 Å². The van der Waals surface area contributed by atoms with Crippen LogP contribution in [0.15, 0.2) is 36.7 Å². The molecule has 198 valence electrons. The number of hydrogen-bond donors (Lipinski definition) is 1. The largest absolute Gasteiger partial charge is 0.492 e. The van der Waals surface area contributed by atoms with Crippen molar-refractivity contribution in [1.29, 1.82) is 0 Å². The van der Waals surface area contributed by atoms with Crippen LogP contribution in [0.25, 0.3) is 22.3 Å². The summed E-state index contributed by atoms with van der Waals surface area (Å²) in [5.41, 5.74) is 1.08. The lowest BCUT2D eigenvalue weighted by molar-refractivity contribution is 0.160. The first-order valence-electron chi connectivity index (χ1n) is 13.1. The van der Waals surface area contributed by atoms with Crippen molar-refractivity contribution in [3.05, 3.63) is 54.1 Å². The Morgan fingerprint density at radius 2 is 1.87 bits per heavy atom. The predicted octanol–water partition coefficient (Wildman–Crippen LogP) is 5.31. The molecule has 0 radical (unpaired) electrons. The first-order valence-corrected chi connectivity index (χ1v) is 13.1. The van der Waals surface area contributed by atoms with Crippen LogP contribution in [0.4, 0.5) is 20.5 Å². The van der Waals surface area contributed by atoms with Gasteiger partial charge in [-0.3, -0.25) is 0 Å². The minimum absolute atomic E-state index is 0.00716. The Morgan fingerprint density at radius 3 is 2.63 bits per heavy atom. The molecule has 38 heavy (non-hydrogen) atoms. The number of anilines is 2. The minimum Gasteiger partial charge on any atom is -0.492 e. The van der Waals surface area contributed by atoms with Gasteiger partial charge in [-0.15, -0.1) is 0 Å². The third kappa shape index (κ3) is 4.69. The maximum absolute atomic E-state index is 15.1. The molecule has 3 aromatic heterocycles. The third-order valence-corrected chi connectivity index (χ3v) is 7.67. The summed E-state index contributed by atoms with van der Waals surface area (Å²) >= 11 is 0. The van der Waals surface area contributed by atoms with Crippen LogP contribution in [-0.2, 0) is 12.0 Å². The number of imidazole rings is 1. The van der Waals surface area contributed by atoms with Crippen LogP contribution < -0.4 is 10.1 Å². The minimum atomic E-state index is -0.639. The molecule has 0 amide bonds. The van der Waals surface area contributed by atoms with Gasteiger partial charge in [0.25, 0.3) is 0 Å². The average Bonchev–Trinajstić information content (AvgIpc) is 3.43. The van der Waals surface area contributed by atoms with Crippen molar-refractivity contribution in [3.63, 3.8) is 0 Å². The number of piperidine rings is 1. The van der Waals surface area contributed by atoms with E-state index in [1.54, 1.807) is 18.3 Å². The van der Waals surface area contributed by atoms with E-state index in [1.807, 2.05) is 10.6 Å². The number of nitrogens with zero attached hydrogens (tertiary/aromatic N) is 6. The number of aryl methyl sites for hydroxylation is 1. The summed E-state index contributed by atoms with van der Waals surface area (Å²) in [6.07, 6.45) is 6.69. The fourth-order valence-corrected chi connectivity index (χ4v) is 5.42. The Hall–Kier alpha value is -3.66. The molecule has 10 heteroatoms. The molecular weight excluding hydrogens is 488 g/mol. The highest BCUT2D eigenvalue weighted by Gasteiger charge is 2.33. The van der Waals surface area contributed by atoms with Crippen LogP contribution >= 0.6 is 0 Å². The van der Waals surface area contributed by atoms with Crippen LogP contribution in [0.3, 0.4) is 0 Å². The summed E-state index contributed by atoms with van der Waals surface area (Å²) in [5.74, 6) is 1.60. The maximum atomic E-state index is 15.1. The molecule has 2 aliphatic rings. The molecule has 4 aromatic rings. The molecule has 0 aliphatic carbocycles. The van der Waals surface area contributed by atoms with Crippen LogP contribution in [0.1, 0.15) is 38.9 Å². The quantitative estimate of drug-likeness (QED) is 0.370. The van der Waals surface area contributed by atoms with E-state index in [-0.39, 0.29) is 17.2 Å². The second-order valence-electron chi connectivity index (χ2n) is 11.0. The topological polar surface area (TPSA) is 81.0 Å². The standard InChI is InChI=1S/C28H31F2N7O/c1-28(2)9-6-24-34-26-20(29)12-18(13-22(26)37(24)28)25-21(30)15-32-27(35-25)33-23-5-4-19(14-31-23)38-16-17-7-10-36(3)11-8-17/h4-5,12-15,17H,6-11,16H2,1-3H3,(H,31,32,33,35). The number of fused-ring (bicyclic) bond motifs is 3. The van der Waals surface area contributed by atoms with E-state index in [0.29, 0.717) is 40.7 Å². The summed E-state index contributed by atoms with van der Waals surface area (Å²) in [7, 11) is 2.14. The van der Waals surface area contributed by atoms with Crippen molar-refractivity contribution in [3.8, 4) is 17.0 Å². The highest BCUT2D eigenvalue weighted by Crippen LogP contribution is 2.38. The molecule has 8 nitrogen and oxygen atoms in total. The van der Waals surface area contributed by atoms with Crippen molar-refractivity contribution in [1.82, 2.24) is 29.4 Å². The highest BCUT2D eigenvalue weighted by molar-refractivity contribution is 5.83. The smallest absolute Gasteiger partial charge is 0.229 e. The third-order valence-electron chi connectivity index (χ3n) is 7.67. The lowest BCUT2D eigenvalue weighted by Gasteiger charge is -2.28. The molecule has 0 atom stereocenters. The predicted molar refractivity (Wildman–Crippen MR) is 142 cm³/mol. The van der Waals surface area contributed by atoms with Gasteiger partial charge in [-0.1, -0.05) is 0 Å². The van der Waals surface area contributed by atoms with Crippen LogP contribution in [-0.4, -0.2) is 56.1 Å². The van der Waals surface area contributed by atoms with E-state index < -0.39 is 11.6 Å². The summed E-state index contributed by atoms with van der Waals surface area (Å²) < 4.78 is 37.9. The normalized spacial score (nSPS) is 17.6. The highest BCUT2D eigenvalue weighted by atomic mass is 19.1. The molecule has 2 aliphatic heterocycles. The SMILES string of the molecule is CN1CCC(COc2ccc(Nc3ncc(F)c(-c4cc(F)c5nc6n(c5c4)C(C)(C)CC6)n3)nc2)CC1. The Labute approximate surface area is 220 Å². The van der Waals surface area contributed by atoms with Gasteiger partial charge in [0, 0.05) is 17.5 Å². The molecule has 0 saturated carbocycles. The second-order valence-corrected chi connectivity index (χ2v) is 11.0. The summed E-state index contributed by atoms with van der Waals surface area (Å²) in [5, 5.41) is 3.01. The fraction of sp³-hybridized carbons (Fsp3) is 0.429. The fourth-order valence-electron chi connectivity index (χ4n) is 5.42. The van der Waals surface area contributed by atoms with Gasteiger partial charge in [0.15, 0.2) is 11.6 Å². The molecule has 1 fully saturated rings. The Balaban J connectivity index is 1.20. The van der Waals surface area contributed by atoms with E-state index in [2.05, 4.69) is 51.0 Å². The van der Waals surface area contributed by atoms with Crippen molar-refractivity contribution < 1.29 is 13.5 Å². The molecule has 0 bridgehead atoms. The number of pyridine rings is 1. The van der Waals surface area contributed by atoms with Gasteiger partial charge in [-0.05, 0) is 83.4 Å². The molecule has 1 saturated heterocycles. The molecule has 0 unspecified atom stereocenters. The number of nitrogens with one attached hydrogen (secondary N) is 1. The number of ether oxygens (including phenoxy) is 1. The monoisotopic (exact) mass is 519 g/mol. The number of likely N-dealkylation sites (tertiary alicyclic amines) is 1. The average molecular weight is 520 g/mol. The van der Waals surface area contributed by atoms with Gasteiger partial charge in [0.05, 0.1) is 24.5 Å². The Bertz CT molecular complexity index is 1480. The van der Waals surface area contributed by atoms with E-state index in [4.69, 9.17) is 4.74 Å². The van der Waals surface area contributed by atoms with E-state index >= 15 is 4.39 Å². The van der Waals surface area contributed by atoms with Gasteiger partial charge >= 0.3 is 0 Å². The van der Waals surface area contributed by atoms with Gasteiger partial charge in [-0.2, -0.15) is 0 Å². The first kappa shape index (κ1) is 24.7. The zero-order valence-corrected chi connectivity index (χ0v) is 21.8. The maximum Gasteiger partial charge on any atom is 0.229 e. The molecule has 5 heterocycles. The molecule has 0 spiro atoms. The van der Waals surface area contributed by atoms with Crippen molar-refractivity contribution in [2.45, 2.75) is 45.1 Å². The number of aromatic nitrogens is 5. The van der Waals surface area contributed by atoms with Gasteiger partial charge in [-0.25, -0.2) is 28.7 Å². The summed E-state index contributed by atoms with van der Waals surface area (Å²) in [6.45, 7) is 7.06. The number of rotatable bonds is 6. The van der Waals surface area contributed by atoms with Crippen molar-refractivity contribution in [2.24, 2.45) is 5.92 Å². The van der Waals surface area contributed by atoms with Crippen LogP contribution in [0.2, 0.25) is 0 Å². The summed E-state index contributed by atoms with van der Waals surface area (Å²) in [4.78, 5) is 19.6. The van der Waals surface area contributed by atoms with Crippen molar-refractivity contribution >= 4 is 22.8 Å². The molecule has 1 N–H and O–H groups in total. The zero-order chi connectivity index (χ0) is 26.4. The molecule has 6 rings (SSSR count). The molecule has 1 aromatic carbocycles. The second kappa shape index (κ2) is 9.58. The van der Waals surface area contributed by atoms with E-state index in [0.717, 1.165) is 50.8 Å². The van der Waals surface area contributed by atoms with Gasteiger partial charge in [0.1, 0.15) is 28.6 Å². The zero-order valence-electron chi connectivity index (χ0n) is 21.8. The van der Waals surface area contributed by atoms with Crippen LogP contribution in [0.5, 0.6) is 5.75 Å². The lowest BCUT2D eigenvalue weighted by atomic mass is 9.98. The van der Waals surface area contributed by atoms with Gasteiger partial charge in [0.2, 0.25) is 5.95 Å². The number of hydrogen-bond acceptors (Lipinski definition) is 7. The number of benzene rings is 1. The summed E-state index contributed by atoms with van der Waals surface area (Å²) in [6, 6.07) is 6.63. The molecular formula is C28H31F2N7O. The Morgan fingerprint density at radius 1 is 1.05 bits per heavy atom. The van der Waals surface area contributed by atoms with Crippen molar-refractivity contribution in [2.75, 3.05) is 32.1 Å². The van der Waals surface area contributed by atoms with E-state index in [1.165, 1.54) is 6.07 Å². The van der Waals surface area contributed by atoms with Crippen LogP contribution in [0, 0.1) is 17.6 Å².